The fourth-order valence-electron chi connectivity index (χ4n) is 5.58. The van der Waals surface area contributed by atoms with Crippen LogP contribution in [0.3, 0.4) is 0 Å². The summed E-state index contributed by atoms with van der Waals surface area (Å²) in [5.74, 6) is 0.830. The van der Waals surface area contributed by atoms with Crippen molar-refractivity contribution in [1.82, 2.24) is 4.57 Å². The van der Waals surface area contributed by atoms with E-state index in [1.165, 1.54) is 6.42 Å². The number of nitrogens with one attached hydrogen (secondary N) is 1. The van der Waals surface area contributed by atoms with Crippen molar-refractivity contribution in [3.8, 4) is 23.1 Å². The second-order valence-corrected chi connectivity index (χ2v) is 10.6. The summed E-state index contributed by atoms with van der Waals surface area (Å²) in [6.45, 7) is 3.30. The average Bonchev–Trinajstić information content (AvgIpc) is 3.26. The normalized spacial score (nSPS) is 16.6. The highest BCUT2D eigenvalue weighted by Crippen LogP contribution is 2.43. The monoisotopic (exact) mass is 535 g/mol. The topological polar surface area (TPSA) is 85.5 Å². The molecule has 40 heavy (non-hydrogen) atoms. The number of amides is 1. The number of nitriles is 1. The summed E-state index contributed by atoms with van der Waals surface area (Å²) in [4.78, 5) is 12.5. The zero-order chi connectivity index (χ0) is 27.5. The number of fused-ring (bicyclic) bond motifs is 1. The minimum atomic E-state index is -0.512. The van der Waals surface area contributed by atoms with E-state index in [2.05, 4.69) is 22.0 Å². The van der Waals surface area contributed by atoms with Gasteiger partial charge in [-0.1, -0.05) is 42.5 Å². The zero-order valence-electron chi connectivity index (χ0n) is 22.6. The second-order valence-electron chi connectivity index (χ2n) is 10.6. The van der Waals surface area contributed by atoms with Gasteiger partial charge >= 0.3 is 6.09 Å². The number of aromatic nitrogens is 1. The quantitative estimate of drug-likeness (QED) is 0.261. The van der Waals surface area contributed by atoms with Crippen molar-refractivity contribution in [2.75, 3.05) is 18.5 Å². The number of carbonyl (C=O) groups excluding carboxylic acids is 1. The van der Waals surface area contributed by atoms with Crippen molar-refractivity contribution in [2.45, 2.75) is 57.3 Å². The van der Waals surface area contributed by atoms with E-state index < -0.39 is 6.09 Å². The summed E-state index contributed by atoms with van der Waals surface area (Å²) >= 11 is 0. The van der Waals surface area contributed by atoms with E-state index in [-0.39, 0.29) is 12.2 Å². The molecule has 0 unspecified atom stereocenters. The largest absolute Gasteiger partial charge is 0.490 e. The summed E-state index contributed by atoms with van der Waals surface area (Å²) < 4.78 is 19.7. The van der Waals surface area contributed by atoms with Crippen molar-refractivity contribution in [1.29, 1.82) is 5.26 Å². The van der Waals surface area contributed by atoms with Crippen molar-refractivity contribution in [3.05, 3.63) is 83.9 Å². The Bertz CT molecular complexity index is 1530. The fourth-order valence-corrected chi connectivity index (χ4v) is 5.58. The second kappa shape index (κ2) is 11.4. The van der Waals surface area contributed by atoms with E-state index >= 15 is 0 Å². The first-order valence-electron chi connectivity index (χ1n) is 14.1. The van der Waals surface area contributed by atoms with Crippen LogP contribution in [0.4, 0.5) is 10.5 Å². The molecule has 2 aliphatic rings. The number of benzene rings is 3. The first-order chi connectivity index (χ1) is 19.6. The van der Waals surface area contributed by atoms with Crippen molar-refractivity contribution < 1.29 is 19.0 Å². The molecule has 1 aliphatic heterocycles. The van der Waals surface area contributed by atoms with E-state index in [0.717, 1.165) is 72.4 Å². The number of hydrogen-bond donors (Lipinski definition) is 1. The van der Waals surface area contributed by atoms with Crippen LogP contribution in [0.25, 0.3) is 22.2 Å². The highest BCUT2D eigenvalue weighted by atomic mass is 16.6. The summed E-state index contributed by atoms with van der Waals surface area (Å²) in [6.07, 6.45) is 4.38. The molecule has 0 bridgehead atoms. The molecule has 0 radical (unpaired) electrons. The molecule has 1 amide bonds. The summed E-state index contributed by atoms with van der Waals surface area (Å²) in [7, 11) is 0. The van der Waals surface area contributed by atoms with Crippen LogP contribution in [0.2, 0.25) is 0 Å². The molecule has 1 aliphatic carbocycles. The molecule has 1 atom stereocenters. The van der Waals surface area contributed by atoms with Crippen molar-refractivity contribution in [2.24, 2.45) is 0 Å². The van der Waals surface area contributed by atoms with Crippen LogP contribution in [0.15, 0.2) is 72.8 Å². The van der Waals surface area contributed by atoms with Gasteiger partial charge in [0.15, 0.2) is 0 Å². The van der Waals surface area contributed by atoms with Gasteiger partial charge in [0.05, 0.1) is 30.0 Å². The van der Waals surface area contributed by atoms with Gasteiger partial charge in [-0.3, -0.25) is 5.32 Å². The highest BCUT2D eigenvalue weighted by Gasteiger charge is 2.28. The molecular formula is C33H33N3O4. The molecule has 1 aromatic heterocycles. The summed E-state index contributed by atoms with van der Waals surface area (Å²) in [5, 5.41) is 14.0. The maximum atomic E-state index is 12.5. The van der Waals surface area contributed by atoms with Crippen LogP contribution in [0.1, 0.15) is 62.3 Å². The lowest BCUT2D eigenvalue weighted by molar-refractivity contribution is 0.0256. The van der Waals surface area contributed by atoms with E-state index in [9.17, 15) is 10.1 Å². The Kier molecular flexibility index (Phi) is 7.43. The van der Waals surface area contributed by atoms with Crippen LogP contribution < -0.4 is 10.1 Å². The van der Waals surface area contributed by atoms with Crippen LogP contribution in [0, 0.1) is 11.3 Å². The third-order valence-corrected chi connectivity index (χ3v) is 7.96. The summed E-state index contributed by atoms with van der Waals surface area (Å²) in [5.41, 5.74) is 5.10. The van der Waals surface area contributed by atoms with Crippen LogP contribution >= 0.6 is 0 Å². The Labute approximate surface area is 234 Å². The van der Waals surface area contributed by atoms with Crippen LogP contribution in [-0.2, 0) is 9.47 Å². The Balaban J connectivity index is 1.27. The lowest BCUT2D eigenvalue weighted by Gasteiger charge is -2.30. The first-order valence-corrected chi connectivity index (χ1v) is 14.1. The van der Waals surface area contributed by atoms with E-state index in [1.807, 2.05) is 73.7 Å². The Morgan fingerprint density at radius 2 is 1.77 bits per heavy atom. The van der Waals surface area contributed by atoms with E-state index in [1.54, 1.807) is 0 Å². The lowest BCUT2D eigenvalue weighted by atomic mass is 9.92. The molecule has 2 fully saturated rings. The minimum Gasteiger partial charge on any atom is -0.490 e. The SMILES string of the molecule is C[C@@H](OC(=O)Nc1ccc(-c2c(C#N)c3ccc(OC4CCOCC4)cc3n2C2CCC2)cc1)c1ccccc1. The minimum absolute atomic E-state index is 0.149. The predicted molar refractivity (Wildman–Crippen MR) is 154 cm³/mol. The summed E-state index contributed by atoms with van der Waals surface area (Å²) in [6, 6.07) is 26.2. The lowest BCUT2D eigenvalue weighted by Crippen LogP contribution is -2.25. The van der Waals surface area contributed by atoms with Crippen molar-refractivity contribution >= 4 is 22.7 Å². The van der Waals surface area contributed by atoms with Gasteiger partial charge < -0.3 is 18.8 Å². The maximum absolute atomic E-state index is 12.5. The Morgan fingerprint density at radius 1 is 1.02 bits per heavy atom. The predicted octanol–water partition coefficient (Wildman–Crippen LogP) is 7.77. The molecule has 1 N–H and O–H groups in total. The molecule has 3 aromatic carbocycles. The first kappa shape index (κ1) is 26.0. The van der Waals surface area contributed by atoms with Gasteiger partial charge in [-0.05, 0) is 61.6 Å². The van der Waals surface area contributed by atoms with E-state index in [4.69, 9.17) is 14.2 Å². The number of hydrogen-bond acceptors (Lipinski definition) is 5. The zero-order valence-corrected chi connectivity index (χ0v) is 22.6. The third-order valence-electron chi connectivity index (χ3n) is 7.96. The number of carbonyl (C=O) groups is 1. The number of anilines is 1. The van der Waals surface area contributed by atoms with Gasteiger partial charge in [0, 0.05) is 36.0 Å². The maximum Gasteiger partial charge on any atom is 0.412 e. The number of rotatable bonds is 7. The van der Waals surface area contributed by atoms with Crippen LogP contribution in [0.5, 0.6) is 5.75 Å². The average molecular weight is 536 g/mol. The highest BCUT2D eigenvalue weighted by molar-refractivity contribution is 5.96. The molecule has 7 nitrogen and oxygen atoms in total. The Morgan fingerprint density at radius 3 is 2.45 bits per heavy atom. The van der Waals surface area contributed by atoms with Gasteiger partial charge in [0.25, 0.3) is 0 Å². The molecule has 204 valence electrons. The van der Waals surface area contributed by atoms with E-state index in [0.29, 0.717) is 17.3 Å². The molecule has 1 saturated carbocycles. The standard InChI is InChI=1S/C33H33N3O4/c1-22(23-6-3-2-4-7-23)39-33(37)35-25-12-10-24(11-13-25)32-30(21-34)29-15-14-28(40-27-16-18-38-19-17-27)20-31(29)36(32)26-8-5-9-26/h2-4,6-7,10-15,20,22,26-27H,5,8-9,16-19H2,1H3,(H,35,37)/t22-/m1/s1. The third kappa shape index (κ3) is 5.28. The number of nitrogens with zero attached hydrogens (tertiary/aromatic N) is 2. The molecule has 6 rings (SSSR count). The van der Waals surface area contributed by atoms with Crippen molar-refractivity contribution in [3.63, 3.8) is 0 Å². The molecule has 0 spiro atoms. The molecule has 4 aromatic rings. The molecular weight excluding hydrogens is 502 g/mol. The van der Waals surface area contributed by atoms with Gasteiger partial charge in [0.1, 0.15) is 24.0 Å². The smallest absolute Gasteiger partial charge is 0.412 e. The molecule has 1 saturated heterocycles. The van der Waals surface area contributed by atoms with Gasteiger partial charge in [-0.2, -0.15) is 5.26 Å². The molecule has 7 heteroatoms. The fraction of sp³-hybridized carbons (Fsp3) is 0.333. The Hall–Kier alpha value is -4.28. The van der Waals surface area contributed by atoms with Gasteiger partial charge in [-0.15, -0.1) is 0 Å². The van der Waals surface area contributed by atoms with Crippen LogP contribution in [-0.4, -0.2) is 30.0 Å². The number of ether oxygens (including phenoxy) is 3. The van der Waals surface area contributed by atoms with Gasteiger partial charge in [-0.25, -0.2) is 4.79 Å². The molecule has 2 heterocycles. The van der Waals surface area contributed by atoms with Gasteiger partial charge in [0.2, 0.25) is 0 Å².